The normalized spacial score (nSPS) is 35.0. The third kappa shape index (κ3) is 4.69. The molecule has 3 fully saturated rings. The summed E-state index contributed by atoms with van der Waals surface area (Å²) >= 11 is 0. The average Bonchev–Trinajstić information content (AvgIpc) is 2.54. The van der Waals surface area contributed by atoms with Crippen molar-refractivity contribution in [2.24, 2.45) is 11.8 Å². The summed E-state index contributed by atoms with van der Waals surface area (Å²) in [5.41, 5.74) is 0.145. The van der Waals surface area contributed by atoms with Crippen molar-refractivity contribution in [2.45, 2.75) is 82.8 Å². The third-order valence-electron chi connectivity index (χ3n) is 6.17. The van der Waals surface area contributed by atoms with Crippen LogP contribution in [0.1, 0.15) is 71.1 Å². The Labute approximate surface area is 141 Å². The zero-order valence-electron chi connectivity index (χ0n) is 14.7. The molecule has 2 bridgehead atoms. The summed E-state index contributed by atoms with van der Waals surface area (Å²) in [7, 11) is 0. The Morgan fingerprint density at radius 3 is 2.87 bits per heavy atom. The topological polar surface area (TPSA) is 50.4 Å². The van der Waals surface area contributed by atoms with E-state index in [-0.39, 0.29) is 11.5 Å². The standard InChI is InChI=1S/C19H34N2O2/c1-2-23-19-9-3-4-15(13-19)12-16(14-19)5-6-18(22)21-17-7-10-20-11-8-17/h15-17,20H,2-14H2,1H3,(H,21,22). The van der Waals surface area contributed by atoms with Crippen LogP contribution in [0.15, 0.2) is 0 Å². The lowest BCUT2D eigenvalue weighted by atomic mass is 9.64. The van der Waals surface area contributed by atoms with E-state index in [1.165, 1.54) is 38.5 Å². The first-order valence-corrected chi connectivity index (χ1v) is 9.83. The highest BCUT2D eigenvalue weighted by molar-refractivity contribution is 5.76. The fraction of sp³-hybridized carbons (Fsp3) is 0.947. The van der Waals surface area contributed by atoms with Crippen molar-refractivity contribution < 1.29 is 9.53 Å². The van der Waals surface area contributed by atoms with Crippen molar-refractivity contribution in [3.8, 4) is 0 Å². The first-order chi connectivity index (χ1) is 11.2. The van der Waals surface area contributed by atoms with E-state index in [0.717, 1.165) is 44.9 Å². The zero-order valence-corrected chi connectivity index (χ0v) is 14.7. The number of piperidine rings is 1. The molecule has 132 valence electrons. The minimum Gasteiger partial charge on any atom is -0.375 e. The average molecular weight is 322 g/mol. The number of ether oxygens (including phenoxy) is 1. The van der Waals surface area contributed by atoms with E-state index in [2.05, 4.69) is 17.6 Å². The first kappa shape index (κ1) is 17.2. The lowest BCUT2D eigenvalue weighted by Gasteiger charge is -2.48. The number of fused-ring (bicyclic) bond motifs is 2. The van der Waals surface area contributed by atoms with Gasteiger partial charge >= 0.3 is 0 Å². The van der Waals surface area contributed by atoms with Gasteiger partial charge in [0.2, 0.25) is 5.91 Å². The van der Waals surface area contributed by atoms with Crippen LogP contribution in [0.5, 0.6) is 0 Å². The molecule has 2 aliphatic carbocycles. The molecule has 4 nitrogen and oxygen atoms in total. The largest absolute Gasteiger partial charge is 0.375 e. The second kappa shape index (κ2) is 7.98. The Morgan fingerprint density at radius 2 is 2.09 bits per heavy atom. The number of carbonyl (C=O) groups is 1. The number of hydrogen-bond acceptors (Lipinski definition) is 3. The zero-order chi connectivity index (χ0) is 16.1. The molecule has 23 heavy (non-hydrogen) atoms. The summed E-state index contributed by atoms with van der Waals surface area (Å²) in [6.45, 7) is 5.02. The van der Waals surface area contributed by atoms with Gasteiger partial charge in [-0.3, -0.25) is 4.79 Å². The summed E-state index contributed by atoms with van der Waals surface area (Å²) in [5, 5.41) is 6.58. The highest BCUT2D eigenvalue weighted by Crippen LogP contribution is 2.48. The first-order valence-electron chi connectivity index (χ1n) is 9.83. The quantitative estimate of drug-likeness (QED) is 0.790. The van der Waals surface area contributed by atoms with Gasteiger partial charge in [0.1, 0.15) is 0 Å². The summed E-state index contributed by atoms with van der Waals surface area (Å²) in [6.07, 6.45) is 11.6. The van der Waals surface area contributed by atoms with Crippen molar-refractivity contribution >= 4 is 5.91 Å². The maximum Gasteiger partial charge on any atom is 0.220 e. The van der Waals surface area contributed by atoms with Gasteiger partial charge in [-0.2, -0.15) is 0 Å². The highest BCUT2D eigenvalue weighted by Gasteiger charge is 2.43. The van der Waals surface area contributed by atoms with Gasteiger partial charge in [-0.25, -0.2) is 0 Å². The van der Waals surface area contributed by atoms with Crippen LogP contribution >= 0.6 is 0 Å². The van der Waals surface area contributed by atoms with E-state index in [1.807, 2.05) is 0 Å². The molecular weight excluding hydrogens is 288 g/mol. The second-order valence-electron chi connectivity index (χ2n) is 8.01. The molecule has 2 N–H and O–H groups in total. The van der Waals surface area contributed by atoms with Crippen LogP contribution in [0.25, 0.3) is 0 Å². The lowest BCUT2D eigenvalue weighted by Crippen LogP contribution is -2.45. The van der Waals surface area contributed by atoms with E-state index in [9.17, 15) is 4.79 Å². The van der Waals surface area contributed by atoms with Crippen molar-refractivity contribution in [3.05, 3.63) is 0 Å². The van der Waals surface area contributed by atoms with Crippen LogP contribution in [0.3, 0.4) is 0 Å². The molecule has 2 saturated carbocycles. The Hall–Kier alpha value is -0.610. The van der Waals surface area contributed by atoms with E-state index >= 15 is 0 Å². The highest BCUT2D eigenvalue weighted by atomic mass is 16.5. The Morgan fingerprint density at radius 1 is 1.26 bits per heavy atom. The van der Waals surface area contributed by atoms with Crippen molar-refractivity contribution in [3.63, 3.8) is 0 Å². The van der Waals surface area contributed by atoms with Gasteiger partial charge in [-0.1, -0.05) is 12.8 Å². The molecule has 1 saturated heterocycles. The fourth-order valence-corrected chi connectivity index (χ4v) is 5.23. The predicted molar refractivity (Wildman–Crippen MR) is 92.3 cm³/mol. The minimum atomic E-state index is 0.145. The number of carbonyl (C=O) groups excluding carboxylic acids is 1. The summed E-state index contributed by atoms with van der Waals surface area (Å²) in [5.74, 6) is 1.78. The molecule has 0 aromatic rings. The Balaban J connectivity index is 1.45. The van der Waals surface area contributed by atoms with E-state index in [4.69, 9.17) is 4.74 Å². The van der Waals surface area contributed by atoms with E-state index in [1.54, 1.807) is 0 Å². The summed E-state index contributed by atoms with van der Waals surface area (Å²) in [4.78, 5) is 12.2. The van der Waals surface area contributed by atoms with Crippen LogP contribution in [0.4, 0.5) is 0 Å². The van der Waals surface area contributed by atoms with Crippen molar-refractivity contribution in [1.29, 1.82) is 0 Å². The number of rotatable bonds is 6. The maximum absolute atomic E-state index is 12.2. The van der Waals surface area contributed by atoms with Crippen LogP contribution in [0, 0.1) is 11.8 Å². The molecular formula is C19H34N2O2. The molecule has 0 spiro atoms. The monoisotopic (exact) mass is 322 g/mol. The minimum absolute atomic E-state index is 0.145. The smallest absolute Gasteiger partial charge is 0.220 e. The molecule has 1 amide bonds. The van der Waals surface area contributed by atoms with Crippen LogP contribution in [-0.2, 0) is 9.53 Å². The van der Waals surface area contributed by atoms with Gasteiger partial charge in [0.25, 0.3) is 0 Å². The molecule has 3 unspecified atom stereocenters. The van der Waals surface area contributed by atoms with Gasteiger partial charge in [0.15, 0.2) is 0 Å². The van der Waals surface area contributed by atoms with Crippen LogP contribution < -0.4 is 10.6 Å². The summed E-state index contributed by atoms with van der Waals surface area (Å²) < 4.78 is 6.19. The van der Waals surface area contributed by atoms with Crippen LogP contribution in [-0.4, -0.2) is 37.2 Å². The van der Waals surface area contributed by atoms with Crippen LogP contribution in [0.2, 0.25) is 0 Å². The van der Waals surface area contributed by atoms with Crippen molar-refractivity contribution in [2.75, 3.05) is 19.7 Å². The number of hydrogen-bond donors (Lipinski definition) is 2. The summed E-state index contributed by atoms with van der Waals surface area (Å²) in [6, 6.07) is 0.393. The van der Waals surface area contributed by atoms with Gasteiger partial charge in [-0.05, 0) is 76.8 Å². The maximum atomic E-state index is 12.2. The van der Waals surface area contributed by atoms with E-state index < -0.39 is 0 Å². The Bertz CT molecular complexity index is 391. The number of nitrogens with one attached hydrogen (secondary N) is 2. The van der Waals surface area contributed by atoms with Gasteiger partial charge in [-0.15, -0.1) is 0 Å². The third-order valence-corrected chi connectivity index (χ3v) is 6.17. The molecule has 0 aromatic carbocycles. The molecule has 3 rings (SSSR count). The van der Waals surface area contributed by atoms with Crippen molar-refractivity contribution in [1.82, 2.24) is 10.6 Å². The second-order valence-corrected chi connectivity index (χ2v) is 8.01. The fourth-order valence-electron chi connectivity index (χ4n) is 5.23. The molecule has 1 heterocycles. The van der Waals surface area contributed by atoms with Gasteiger partial charge < -0.3 is 15.4 Å². The Kier molecular flexibility index (Phi) is 5.97. The lowest BCUT2D eigenvalue weighted by molar-refractivity contribution is -0.126. The van der Waals surface area contributed by atoms with Gasteiger partial charge in [0.05, 0.1) is 5.60 Å². The number of amides is 1. The SMILES string of the molecule is CCOC12CCCC(CC(CCC(=O)NC3CCNCC3)C1)C2. The molecule has 3 aliphatic rings. The molecule has 0 aromatic heterocycles. The van der Waals surface area contributed by atoms with Gasteiger partial charge in [0, 0.05) is 19.1 Å². The van der Waals surface area contributed by atoms with E-state index in [0.29, 0.717) is 18.4 Å². The molecule has 4 heteroatoms. The molecule has 1 aliphatic heterocycles. The predicted octanol–water partition coefficient (Wildman–Crippen LogP) is 3.01. The molecule has 0 radical (unpaired) electrons. The molecule has 3 atom stereocenters.